The summed E-state index contributed by atoms with van der Waals surface area (Å²) in [6.07, 6.45) is 1.56. The van der Waals surface area contributed by atoms with Crippen LogP contribution < -0.4 is 10.7 Å². The number of benzene rings is 1. The molecule has 21 heavy (non-hydrogen) atoms. The van der Waals surface area contributed by atoms with E-state index in [0.717, 1.165) is 0 Å². The number of hydrogen-bond acceptors (Lipinski definition) is 4. The zero-order valence-corrected chi connectivity index (χ0v) is 11.8. The largest absolute Gasteiger partial charge is 0.467 e. The van der Waals surface area contributed by atoms with E-state index in [-0.39, 0.29) is 17.9 Å². The Morgan fingerprint density at radius 1 is 1.29 bits per heavy atom. The van der Waals surface area contributed by atoms with Crippen LogP contribution in [0, 0.1) is 0 Å². The highest BCUT2D eigenvalue weighted by Crippen LogP contribution is 2.09. The molecule has 0 radical (unpaired) electrons. The molecule has 0 aliphatic rings. The number of pyridine rings is 1. The second-order valence-corrected chi connectivity index (χ2v) is 4.64. The van der Waals surface area contributed by atoms with Crippen LogP contribution in [0.2, 0.25) is 0 Å². The summed E-state index contributed by atoms with van der Waals surface area (Å²) in [4.78, 5) is 35.0. The van der Waals surface area contributed by atoms with E-state index in [4.69, 9.17) is 0 Å². The Bertz CT molecular complexity index is 736. The Morgan fingerprint density at radius 3 is 2.71 bits per heavy atom. The van der Waals surface area contributed by atoms with Crippen LogP contribution in [-0.2, 0) is 20.9 Å². The summed E-state index contributed by atoms with van der Waals surface area (Å²) in [6.45, 7) is 1.56. The fourth-order valence-corrected chi connectivity index (χ4v) is 2.08. The molecule has 1 atom stereocenters. The molecule has 0 saturated heterocycles. The van der Waals surface area contributed by atoms with E-state index in [9.17, 15) is 14.4 Å². The maximum absolute atomic E-state index is 12.0. The summed E-state index contributed by atoms with van der Waals surface area (Å²) in [5.41, 5.74) is 0.580. The fraction of sp³-hybridized carbons (Fsp3) is 0.267. The van der Waals surface area contributed by atoms with Crippen molar-refractivity contribution in [3.05, 3.63) is 46.8 Å². The lowest BCUT2D eigenvalue weighted by atomic mass is 10.2. The van der Waals surface area contributed by atoms with Crippen LogP contribution in [-0.4, -0.2) is 29.6 Å². The Morgan fingerprint density at radius 2 is 2.00 bits per heavy atom. The summed E-state index contributed by atoms with van der Waals surface area (Å²) in [7, 11) is 1.26. The Kier molecular flexibility index (Phi) is 4.37. The Labute approximate surface area is 121 Å². The number of nitrogens with one attached hydrogen (secondary N) is 1. The van der Waals surface area contributed by atoms with Crippen LogP contribution in [0.25, 0.3) is 10.9 Å². The number of carbonyl (C=O) groups is 2. The minimum Gasteiger partial charge on any atom is -0.467 e. The third-order valence-electron chi connectivity index (χ3n) is 3.13. The normalized spacial score (nSPS) is 11.9. The molecule has 0 fully saturated rings. The number of aromatic nitrogens is 1. The number of carbonyl (C=O) groups excluding carboxylic acids is 2. The minimum absolute atomic E-state index is 0.0160. The number of rotatable bonds is 4. The number of nitrogens with zero attached hydrogens (tertiary/aromatic N) is 1. The van der Waals surface area contributed by atoms with Gasteiger partial charge in [0.2, 0.25) is 5.91 Å². The number of esters is 1. The van der Waals surface area contributed by atoms with E-state index in [1.807, 2.05) is 0 Å². The van der Waals surface area contributed by atoms with Gasteiger partial charge in [0, 0.05) is 17.6 Å². The molecule has 6 nitrogen and oxygen atoms in total. The predicted molar refractivity (Wildman–Crippen MR) is 77.8 cm³/mol. The quantitative estimate of drug-likeness (QED) is 0.839. The van der Waals surface area contributed by atoms with Crippen molar-refractivity contribution in [1.82, 2.24) is 9.88 Å². The summed E-state index contributed by atoms with van der Waals surface area (Å²) >= 11 is 0. The van der Waals surface area contributed by atoms with Crippen molar-refractivity contribution in [2.45, 2.75) is 19.5 Å². The zero-order valence-electron chi connectivity index (χ0n) is 11.8. The maximum atomic E-state index is 12.0. The molecule has 0 aliphatic carbocycles. The van der Waals surface area contributed by atoms with Crippen molar-refractivity contribution < 1.29 is 14.3 Å². The molecule has 0 saturated carbocycles. The van der Waals surface area contributed by atoms with Crippen molar-refractivity contribution in [2.75, 3.05) is 7.11 Å². The first-order valence-electron chi connectivity index (χ1n) is 6.48. The van der Waals surface area contributed by atoms with Gasteiger partial charge < -0.3 is 14.6 Å². The second-order valence-electron chi connectivity index (χ2n) is 4.64. The monoisotopic (exact) mass is 288 g/mol. The number of amides is 1. The van der Waals surface area contributed by atoms with E-state index in [1.165, 1.54) is 13.2 Å². The molecule has 0 spiro atoms. The van der Waals surface area contributed by atoms with Gasteiger partial charge in [0.1, 0.15) is 12.6 Å². The number of para-hydroxylation sites is 1. The third-order valence-corrected chi connectivity index (χ3v) is 3.13. The van der Waals surface area contributed by atoms with Gasteiger partial charge in [-0.15, -0.1) is 0 Å². The van der Waals surface area contributed by atoms with Crippen molar-refractivity contribution >= 4 is 22.8 Å². The highest BCUT2D eigenvalue weighted by Gasteiger charge is 2.16. The van der Waals surface area contributed by atoms with E-state index in [0.29, 0.717) is 10.9 Å². The first-order valence-corrected chi connectivity index (χ1v) is 6.48. The van der Waals surface area contributed by atoms with Crippen LogP contribution in [0.5, 0.6) is 0 Å². The smallest absolute Gasteiger partial charge is 0.328 e. The van der Waals surface area contributed by atoms with Gasteiger partial charge in [0.15, 0.2) is 5.43 Å². The van der Waals surface area contributed by atoms with E-state index in [1.54, 1.807) is 42.0 Å². The van der Waals surface area contributed by atoms with Gasteiger partial charge in [0.05, 0.1) is 12.6 Å². The minimum atomic E-state index is -0.715. The van der Waals surface area contributed by atoms with Crippen LogP contribution in [0.1, 0.15) is 6.92 Å². The Hall–Kier alpha value is -2.63. The molecule has 1 heterocycles. The average Bonchev–Trinajstić information content (AvgIpc) is 2.49. The summed E-state index contributed by atoms with van der Waals surface area (Å²) < 4.78 is 6.21. The molecule has 1 amide bonds. The average molecular weight is 288 g/mol. The van der Waals surface area contributed by atoms with E-state index >= 15 is 0 Å². The van der Waals surface area contributed by atoms with Gasteiger partial charge in [-0.2, -0.15) is 0 Å². The van der Waals surface area contributed by atoms with E-state index in [2.05, 4.69) is 10.1 Å². The van der Waals surface area contributed by atoms with Gasteiger partial charge in [-0.3, -0.25) is 9.59 Å². The maximum Gasteiger partial charge on any atom is 0.328 e. The molecule has 1 N–H and O–H groups in total. The Balaban J connectivity index is 2.21. The molecule has 110 valence electrons. The highest BCUT2D eigenvalue weighted by atomic mass is 16.5. The van der Waals surface area contributed by atoms with Crippen LogP contribution in [0.4, 0.5) is 0 Å². The molecule has 2 aromatic rings. The molecule has 1 aromatic carbocycles. The standard InChI is InChI=1S/C15H16N2O4/c1-10(15(20)21-2)16-14(19)9-17-8-7-13(18)11-5-3-4-6-12(11)17/h3-8,10H,9H2,1-2H3,(H,16,19)/t10-/m0/s1. The van der Waals surface area contributed by atoms with Gasteiger partial charge in [-0.1, -0.05) is 12.1 Å². The molecular weight excluding hydrogens is 272 g/mol. The fourth-order valence-electron chi connectivity index (χ4n) is 2.08. The van der Waals surface area contributed by atoms with E-state index < -0.39 is 12.0 Å². The van der Waals surface area contributed by atoms with Crippen molar-refractivity contribution in [3.63, 3.8) is 0 Å². The molecule has 0 unspecified atom stereocenters. The van der Waals surface area contributed by atoms with Crippen molar-refractivity contribution in [3.8, 4) is 0 Å². The topological polar surface area (TPSA) is 77.4 Å². The number of methoxy groups -OCH3 is 1. The van der Waals surface area contributed by atoms with Crippen LogP contribution in [0.3, 0.4) is 0 Å². The molecule has 0 bridgehead atoms. The molecular formula is C15H16N2O4. The SMILES string of the molecule is COC(=O)[C@H](C)NC(=O)Cn1ccc(=O)c2ccccc21. The second kappa shape index (κ2) is 6.21. The van der Waals surface area contributed by atoms with Crippen LogP contribution in [0.15, 0.2) is 41.3 Å². The zero-order chi connectivity index (χ0) is 15.4. The lowest BCUT2D eigenvalue weighted by Crippen LogP contribution is -2.40. The van der Waals surface area contributed by atoms with Gasteiger partial charge in [-0.05, 0) is 19.1 Å². The van der Waals surface area contributed by atoms with Gasteiger partial charge in [0.25, 0.3) is 0 Å². The summed E-state index contributed by atoms with van der Waals surface area (Å²) in [5.74, 6) is -0.838. The molecule has 2 rings (SSSR count). The summed E-state index contributed by atoms with van der Waals surface area (Å²) in [5, 5.41) is 3.10. The van der Waals surface area contributed by atoms with Crippen LogP contribution >= 0.6 is 0 Å². The lowest BCUT2D eigenvalue weighted by Gasteiger charge is -2.14. The number of hydrogen-bond donors (Lipinski definition) is 1. The van der Waals surface area contributed by atoms with Gasteiger partial charge in [-0.25, -0.2) is 4.79 Å². The van der Waals surface area contributed by atoms with Gasteiger partial charge >= 0.3 is 5.97 Å². The molecule has 1 aromatic heterocycles. The van der Waals surface area contributed by atoms with Crippen molar-refractivity contribution in [1.29, 1.82) is 0 Å². The first-order chi connectivity index (χ1) is 10.0. The number of fused-ring (bicyclic) bond motifs is 1. The van der Waals surface area contributed by atoms with Crippen molar-refractivity contribution in [2.24, 2.45) is 0 Å². The third kappa shape index (κ3) is 3.28. The molecule has 6 heteroatoms. The summed E-state index contributed by atoms with van der Waals surface area (Å²) in [6, 6.07) is 7.75. The molecule has 0 aliphatic heterocycles. The lowest BCUT2D eigenvalue weighted by molar-refractivity contribution is -0.144. The predicted octanol–water partition coefficient (Wildman–Crippen LogP) is 0.679. The number of ether oxygens (including phenoxy) is 1. The highest BCUT2D eigenvalue weighted by molar-refractivity contribution is 5.85. The first kappa shape index (κ1) is 14.8.